The maximum atomic E-state index is 12.6. The normalized spacial score (nSPS) is 34.2. The summed E-state index contributed by atoms with van der Waals surface area (Å²) in [7, 11) is -4.40. The van der Waals surface area contributed by atoms with Crippen LogP contribution in [0.2, 0.25) is 0 Å². The highest BCUT2D eigenvalue weighted by Gasteiger charge is 2.63. The number of hydrogen-bond acceptors (Lipinski definition) is 4. The molecule has 2 fully saturated rings. The average Bonchev–Trinajstić information content (AvgIpc) is 3.10. The van der Waals surface area contributed by atoms with E-state index >= 15 is 0 Å². The summed E-state index contributed by atoms with van der Waals surface area (Å²) in [5, 5.41) is 20.3. The van der Waals surface area contributed by atoms with Crippen molar-refractivity contribution < 1.29 is 36.4 Å². The van der Waals surface area contributed by atoms with Crippen molar-refractivity contribution in [3.63, 3.8) is 0 Å². The quantitative estimate of drug-likeness (QED) is 0.179. The van der Waals surface area contributed by atoms with Crippen LogP contribution >= 0.6 is 0 Å². The van der Waals surface area contributed by atoms with E-state index < -0.39 is 28.7 Å². The van der Waals surface area contributed by atoms with E-state index in [4.69, 9.17) is 0 Å². The first-order valence-electron chi connectivity index (χ1n) is 13.2. The first-order chi connectivity index (χ1) is 17.2. The van der Waals surface area contributed by atoms with E-state index in [0.717, 1.165) is 43.2 Å². The number of rotatable bonds is 9. The Labute approximate surface area is 217 Å². The van der Waals surface area contributed by atoms with Crippen LogP contribution in [0.25, 0.3) is 0 Å². The van der Waals surface area contributed by atoms with Gasteiger partial charge in [-0.25, -0.2) is 0 Å². The predicted octanol–water partition coefficient (Wildman–Crippen LogP) is 5.77. The molecule has 4 unspecified atom stereocenters. The number of fused-ring (bicyclic) bond motifs is 5. The zero-order chi connectivity index (χ0) is 27.2. The molecule has 4 N–H and O–H groups in total. The number of hydrogen-bond donors (Lipinski definition) is 4. The van der Waals surface area contributed by atoms with Crippen molar-refractivity contribution >= 4 is 16.0 Å². The molecule has 0 heterocycles. The van der Waals surface area contributed by atoms with E-state index in [0.29, 0.717) is 24.9 Å². The van der Waals surface area contributed by atoms with Crippen molar-refractivity contribution in [3.05, 3.63) is 42.0 Å². The van der Waals surface area contributed by atoms with Crippen LogP contribution in [0.1, 0.15) is 81.8 Å². The molecule has 0 saturated heterocycles. The number of aliphatic hydroxyl groups is 2. The smallest absolute Gasteiger partial charge is 0.393 e. The molecule has 1 aromatic rings. The Hall–Kier alpha value is -1.62. The molecule has 3 aliphatic carbocycles. The largest absolute Gasteiger partial charge is 0.414 e. The summed E-state index contributed by atoms with van der Waals surface area (Å²) in [4.78, 5) is 0. The summed E-state index contributed by atoms with van der Waals surface area (Å²) >= 11 is 0. The summed E-state index contributed by atoms with van der Waals surface area (Å²) in [6.45, 7) is 6.43. The number of aliphatic hydroxyl groups excluding tert-OH is 2. The van der Waals surface area contributed by atoms with Crippen molar-refractivity contribution in [1.29, 1.82) is 0 Å². The van der Waals surface area contributed by atoms with Gasteiger partial charge in [-0.1, -0.05) is 38.3 Å². The molecule has 0 aromatic heterocycles. The van der Waals surface area contributed by atoms with Crippen LogP contribution in [0, 0.1) is 22.7 Å². The molecule has 0 bridgehead atoms. The van der Waals surface area contributed by atoms with E-state index in [2.05, 4.69) is 24.3 Å². The predicted molar refractivity (Wildman–Crippen MR) is 135 cm³/mol. The van der Waals surface area contributed by atoms with Gasteiger partial charge >= 0.3 is 16.5 Å². The summed E-state index contributed by atoms with van der Waals surface area (Å²) in [6, 6.07) is 5.34. The zero-order valence-corrected chi connectivity index (χ0v) is 22.0. The monoisotopic (exact) mass is 545 g/mol. The third kappa shape index (κ3) is 5.44. The Morgan fingerprint density at radius 1 is 1.24 bits per heavy atom. The molecule has 3 aliphatic rings. The van der Waals surface area contributed by atoms with Gasteiger partial charge in [-0.15, -0.1) is 6.58 Å². The Kier molecular flexibility index (Phi) is 7.80. The second kappa shape index (κ2) is 10.2. The molecular formula is C27H38F3NO5S. The van der Waals surface area contributed by atoms with E-state index in [1.165, 1.54) is 0 Å². The third-order valence-corrected chi connectivity index (χ3v) is 10.0. The number of halogens is 3. The van der Waals surface area contributed by atoms with Gasteiger partial charge < -0.3 is 10.2 Å². The second-order valence-corrected chi connectivity index (χ2v) is 12.8. The Morgan fingerprint density at radius 2 is 1.97 bits per heavy atom. The number of aryl methyl sites for hydroxylation is 1. The molecule has 7 atom stereocenters. The topological polar surface area (TPSA) is 107 Å². The van der Waals surface area contributed by atoms with Crippen molar-refractivity contribution in [2.24, 2.45) is 22.7 Å². The lowest BCUT2D eigenvalue weighted by molar-refractivity contribution is -0.205. The molecule has 2 saturated carbocycles. The fourth-order valence-corrected chi connectivity index (χ4v) is 8.43. The fraction of sp³-hybridized carbons (Fsp3) is 0.704. The van der Waals surface area contributed by atoms with Crippen LogP contribution in [0.5, 0.6) is 0 Å². The minimum absolute atomic E-state index is 0.0951. The van der Waals surface area contributed by atoms with Crippen LogP contribution in [0.3, 0.4) is 0 Å². The molecule has 37 heavy (non-hydrogen) atoms. The molecule has 10 heteroatoms. The summed E-state index contributed by atoms with van der Waals surface area (Å²) in [6.07, 6.45) is 0.773. The highest BCUT2D eigenvalue weighted by molar-refractivity contribution is 7.87. The maximum absolute atomic E-state index is 12.6. The third-order valence-electron chi connectivity index (χ3n) is 9.55. The van der Waals surface area contributed by atoms with Crippen molar-refractivity contribution in [2.75, 3.05) is 4.72 Å². The number of nitrogens with one attached hydrogen (secondary N) is 1. The minimum atomic E-state index is -4.59. The van der Waals surface area contributed by atoms with Gasteiger partial charge in [0.1, 0.15) is 6.10 Å². The van der Waals surface area contributed by atoms with Crippen LogP contribution in [0.4, 0.5) is 18.9 Å². The summed E-state index contributed by atoms with van der Waals surface area (Å²) < 4.78 is 71.9. The number of benzene rings is 1. The Balaban J connectivity index is 1.61. The van der Waals surface area contributed by atoms with E-state index in [1.807, 2.05) is 6.07 Å². The molecule has 1 aromatic carbocycles. The van der Waals surface area contributed by atoms with Gasteiger partial charge in [0.25, 0.3) is 0 Å². The average molecular weight is 546 g/mol. The molecule has 208 valence electrons. The number of alkyl halides is 3. The van der Waals surface area contributed by atoms with Crippen LogP contribution in [-0.4, -0.2) is 41.6 Å². The molecule has 0 amide bonds. The van der Waals surface area contributed by atoms with Crippen molar-refractivity contribution in [2.45, 2.75) is 95.4 Å². The SMILES string of the molecule is C=CC12CCc3cc(NS(=O)(=O)O)ccc3C1[C@@H](CCCCCC(O)C(F)(F)F)C[C@@]1(C)C2CC[C@@H]1O. The molecule has 0 aliphatic heterocycles. The molecular weight excluding hydrogens is 507 g/mol. The molecule has 0 radical (unpaired) electrons. The number of anilines is 1. The van der Waals surface area contributed by atoms with Gasteiger partial charge in [0.15, 0.2) is 0 Å². The first kappa shape index (κ1) is 28.4. The van der Waals surface area contributed by atoms with E-state index in [1.54, 1.807) is 12.1 Å². The Morgan fingerprint density at radius 3 is 2.62 bits per heavy atom. The molecule has 4 rings (SSSR count). The number of allylic oxidation sites excluding steroid dienone is 1. The highest BCUT2D eigenvalue weighted by Crippen LogP contribution is 2.69. The molecule has 0 spiro atoms. The van der Waals surface area contributed by atoms with Gasteiger partial charge in [0.05, 0.1) is 11.8 Å². The lowest BCUT2D eigenvalue weighted by Gasteiger charge is -2.60. The molecule has 6 nitrogen and oxygen atoms in total. The van der Waals surface area contributed by atoms with Crippen molar-refractivity contribution in [3.8, 4) is 0 Å². The van der Waals surface area contributed by atoms with Gasteiger partial charge in [0, 0.05) is 0 Å². The summed E-state index contributed by atoms with van der Waals surface area (Å²) in [5.41, 5.74) is 1.91. The first-order valence-corrected chi connectivity index (χ1v) is 14.6. The minimum Gasteiger partial charge on any atom is -0.393 e. The highest BCUT2D eigenvalue weighted by atomic mass is 32.2. The standard InChI is InChI=1S/C27H38F3NO5S/c1-3-26-14-13-17-15-19(31-37(34,35)36)9-10-20(17)24(26)18(16-25(2)21(26)11-12-22(25)32)7-5-4-6-8-23(33)27(28,29)30/h3,9-10,15,18,21-24,31-33H,1,4-8,11-14,16H2,2H3,(H,34,35,36)/t18-,21?,22-,23?,24?,25-,26?/m0/s1. The van der Waals surface area contributed by atoms with Gasteiger partial charge in [-0.3, -0.25) is 9.27 Å². The maximum Gasteiger partial charge on any atom is 0.414 e. The fourth-order valence-electron chi connectivity index (χ4n) is 8.00. The van der Waals surface area contributed by atoms with Gasteiger partial charge in [0.2, 0.25) is 0 Å². The van der Waals surface area contributed by atoms with E-state index in [9.17, 15) is 36.4 Å². The van der Waals surface area contributed by atoms with Crippen LogP contribution in [0.15, 0.2) is 30.9 Å². The van der Waals surface area contributed by atoms with Gasteiger partial charge in [-0.2, -0.15) is 21.6 Å². The van der Waals surface area contributed by atoms with Crippen LogP contribution < -0.4 is 4.72 Å². The van der Waals surface area contributed by atoms with E-state index in [-0.39, 0.29) is 41.4 Å². The van der Waals surface area contributed by atoms with Crippen molar-refractivity contribution in [1.82, 2.24) is 0 Å². The lowest BCUT2D eigenvalue weighted by Crippen LogP contribution is -2.54. The summed E-state index contributed by atoms with van der Waals surface area (Å²) in [5.74, 6) is 0.510. The lowest BCUT2D eigenvalue weighted by atomic mass is 9.44. The van der Waals surface area contributed by atoms with Gasteiger partial charge in [-0.05, 0) is 96.8 Å². The Bertz CT molecular complexity index is 1110. The van der Waals surface area contributed by atoms with Crippen LogP contribution in [-0.2, 0) is 16.7 Å². The zero-order valence-electron chi connectivity index (χ0n) is 21.2. The second-order valence-electron chi connectivity index (χ2n) is 11.6. The number of unbranched alkanes of at least 4 members (excludes halogenated alkanes) is 2.